The summed E-state index contributed by atoms with van der Waals surface area (Å²) in [5.74, 6) is -1.51. The number of hydrogen-bond acceptors (Lipinski definition) is 3. The summed E-state index contributed by atoms with van der Waals surface area (Å²) in [4.78, 5) is 22.6. The Kier molecular flexibility index (Phi) is 17.1. The van der Waals surface area contributed by atoms with Crippen molar-refractivity contribution in [3.05, 3.63) is 12.2 Å². The molecule has 0 heterocycles. The molecular weight excluding hydrogens is 342 g/mol. The van der Waals surface area contributed by atoms with E-state index in [9.17, 15) is 14.7 Å². The van der Waals surface area contributed by atoms with Gasteiger partial charge < -0.3 is 15.5 Å². The Morgan fingerprint density at radius 3 is 1.81 bits per heavy atom. The lowest BCUT2D eigenvalue weighted by Gasteiger charge is -2.16. The number of nitrogens with one attached hydrogen (secondary N) is 1. The highest BCUT2D eigenvalue weighted by Crippen LogP contribution is 2.10. The van der Waals surface area contributed by atoms with E-state index in [1.54, 1.807) is 0 Å². The van der Waals surface area contributed by atoms with Crippen LogP contribution in [0.5, 0.6) is 0 Å². The Morgan fingerprint density at radius 2 is 1.33 bits per heavy atom. The number of allylic oxidation sites excluding steroid dienone is 2. The summed E-state index contributed by atoms with van der Waals surface area (Å²) in [5, 5.41) is 20.6. The topological polar surface area (TPSA) is 86.6 Å². The van der Waals surface area contributed by atoms with Crippen LogP contribution in [0.3, 0.4) is 0 Å². The SMILES string of the molecule is CCCCCCCCC=CCCCCCCCC(=O)NC(C(=O)O)C(C)O. The third-order valence-electron chi connectivity index (χ3n) is 4.73. The van der Waals surface area contributed by atoms with Crippen molar-refractivity contribution in [2.24, 2.45) is 0 Å². The average molecular weight is 384 g/mol. The Balaban J connectivity index is 3.45. The number of carboxylic acids is 1. The molecule has 1 amide bonds. The molecule has 0 rings (SSSR count). The van der Waals surface area contributed by atoms with Crippen molar-refractivity contribution in [3.63, 3.8) is 0 Å². The minimum Gasteiger partial charge on any atom is -0.480 e. The zero-order valence-corrected chi connectivity index (χ0v) is 17.4. The number of carboxylic acid groups (broad SMARTS) is 1. The number of carbonyl (C=O) groups is 2. The summed E-state index contributed by atoms with van der Waals surface area (Å²) >= 11 is 0. The number of rotatable bonds is 18. The maximum absolute atomic E-state index is 11.7. The third-order valence-corrected chi connectivity index (χ3v) is 4.73. The van der Waals surface area contributed by atoms with Crippen LogP contribution in [-0.2, 0) is 9.59 Å². The lowest BCUT2D eigenvalue weighted by Crippen LogP contribution is -2.47. The fourth-order valence-electron chi connectivity index (χ4n) is 2.99. The molecule has 0 radical (unpaired) electrons. The van der Waals surface area contributed by atoms with Crippen molar-refractivity contribution in [1.82, 2.24) is 5.32 Å². The fraction of sp³-hybridized carbons (Fsp3) is 0.818. The van der Waals surface area contributed by atoms with Crippen molar-refractivity contribution in [3.8, 4) is 0 Å². The molecule has 0 fully saturated rings. The van der Waals surface area contributed by atoms with Gasteiger partial charge in [0, 0.05) is 6.42 Å². The molecular formula is C22H41NO4. The van der Waals surface area contributed by atoms with Crippen LogP contribution < -0.4 is 5.32 Å². The molecule has 0 aromatic rings. The zero-order valence-electron chi connectivity index (χ0n) is 17.4. The normalized spacial score (nSPS) is 13.6. The highest BCUT2D eigenvalue weighted by atomic mass is 16.4. The molecule has 158 valence electrons. The van der Waals surface area contributed by atoms with Gasteiger partial charge in [0.2, 0.25) is 5.91 Å². The molecule has 0 aliphatic heterocycles. The lowest BCUT2D eigenvalue weighted by atomic mass is 10.1. The van der Waals surface area contributed by atoms with E-state index in [1.165, 1.54) is 58.3 Å². The predicted octanol–water partition coefficient (Wildman–Crippen LogP) is 4.97. The van der Waals surface area contributed by atoms with E-state index in [4.69, 9.17) is 5.11 Å². The van der Waals surface area contributed by atoms with Gasteiger partial charge in [-0.1, -0.05) is 70.4 Å². The first-order chi connectivity index (χ1) is 13.0. The van der Waals surface area contributed by atoms with Crippen molar-refractivity contribution in [2.45, 2.75) is 116 Å². The highest BCUT2D eigenvalue weighted by Gasteiger charge is 2.24. The van der Waals surface area contributed by atoms with Gasteiger partial charge in [-0.05, 0) is 39.0 Å². The van der Waals surface area contributed by atoms with Crippen molar-refractivity contribution in [2.75, 3.05) is 0 Å². The molecule has 0 aliphatic rings. The van der Waals surface area contributed by atoms with Crippen LogP contribution in [0.15, 0.2) is 12.2 Å². The number of amides is 1. The second-order valence-electron chi connectivity index (χ2n) is 7.46. The molecule has 5 heteroatoms. The number of aliphatic carboxylic acids is 1. The number of unbranched alkanes of at least 4 members (excludes halogenated alkanes) is 11. The fourth-order valence-corrected chi connectivity index (χ4v) is 2.99. The summed E-state index contributed by atoms with van der Waals surface area (Å²) < 4.78 is 0. The molecule has 5 nitrogen and oxygen atoms in total. The van der Waals surface area contributed by atoms with Crippen LogP contribution in [0, 0.1) is 0 Å². The predicted molar refractivity (Wildman–Crippen MR) is 111 cm³/mol. The summed E-state index contributed by atoms with van der Waals surface area (Å²) in [6.45, 7) is 3.61. The Hall–Kier alpha value is -1.36. The maximum Gasteiger partial charge on any atom is 0.328 e. The van der Waals surface area contributed by atoms with Gasteiger partial charge in [-0.2, -0.15) is 0 Å². The largest absolute Gasteiger partial charge is 0.480 e. The van der Waals surface area contributed by atoms with Gasteiger partial charge in [0.1, 0.15) is 0 Å². The molecule has 0 aromatic carbocycles. The van der Waals surface area contributed by atoms with Crippen LogP contribution in [0.4, 0.5) is 0 Å². The molecule has 2 unspecified atom stereocenters. The average Bonchev–Trinajstić information content (AvgIpc) is 2.62. The van der Waals surface area contributed by atoms with Crippen molar-refractivity contribution < 1.29 is 19.8 Å². The molecule has 3 N–H and O–H groups in total. The minimum atomic E-state index is -1.22. The molecule has 0 bridgehead atoms. The smallest absolute Gasteiger partial charge is 0.328 e. The van der Waals surface area contributed by atoms with Crippen LogP contribution in [0.25, 0.3) is 0 Å². The van der Waals surface area contributed by atoms with E-state index >= 15 is 0 Å². The molecule has 2 atom stereocenters. The summed E-state index contributed by atoms with van der Waals surface area (Å²) in [5.41, 5.74) is 0. The quantitative estimate of drug-likeness (QED) is 0.230. The number of carbonyl (C=O) groups excluding carboxylic acids is 1. The Bertz CT molecular complexity index is 407. The standard InChI is InChI=1S/C22H41NO4/c1-3-4-5-6-7-8-9-10-11-12-13-14-15-16-17-18-20(25)23-21(19(2)24)22(26)27/h10-11,19,21,24H,3-9,12-18H2,1-2H3,(H,23,25)(H,26,27). The maximum atomic E-state index is 11.7. The van der Waals surface area contributed by atoms with Gasteiger partial charge in [0.05, 0.1) is 6.10 Å². The van der Waals surface area contributed by atoms with Gasteiger partial charge in [-0.25, -0.2) is 4.79 Å². The van der Waals surface area contributed by atoms with Crippen LogP contribution in [0.2, 0.25) is 0 Å². The van der Waals surface area contributed by atoms with Gasteiger partial charge in [0.15, 0.2) is 6.04 Å². The second-order valence-corrected chi connectivity index (χ2v) is 7.46. The monoisotopic (exact) mass is 383 g/mol. The summed E-state index contributed by atoms with van der Waals surface area (Å²) in [6.07, 6.45) is 19.4. The zero-order chi connectivity index (χ0) is 20.3. The van der Waals surface area contributed by atoms with Gasteiger partial charge in [-0.3, -0.25) is 4.79 Å². The van der Waals surface area contributed by atoms with E-state index in [2.05, 4.69) is 24.4 Å². The minimum absolute atomic E-state index is 0.305. The Labute approximate surface area is 165 Å². The third kappa shape index (κ3) is 16.5. The second kappa shape index (κ2) is 18.0. The summed E-state index contributed by atoms with van der Waals surface area (Å²) in [7, 11) is 0. The van der Waals surface area contributed by atoms with Gasteiger partial charge in [0.25, 0.3) is 0 Å². The number of hydrogen-bond donors (Lipinski definition) is 3. The molecule has 0 aliphatic carbocycles. The van der Waals surface area contributed by atoms with Crippen LogP contribution in [0.1, 0.15) is 104 Å². The first-order valence-corrected chi connectivity index (χ1v) is 10.8. The van der Waals surface area contributed by atoms with E-state index in [0.717, 1.165) is 32.1 Å². The first-order valence-electron chi connectivity index (χ1n) is 10.8. The van der Waals surface area contributed by atoms with Crippen LogP contribution in [-0.4, -0.2) is 34.2 Å². The lowest BCUT2D eigenvalue weighted by molar-refractivity contribution is -0.144. The van der Waals surface area contributed by atoms with Gasteiger partial charge in [-0.15, -0.1) is 0 Å². The van der Waals surface area contributed by atoms with Crippen molar-refractivity contribution in [1.29, 1.82) is 0 Å². The van der Waals surface area contributed by atoms with E-state index in [0.29, 0.717) is 6.42 Å². The van der Waals surface area contributed by atoms with E-state index in [-0.39, 0.29) is 5.91 Å². The van der Waals surface area contributed by atoms with Crippen LogP contribution >= 0.6 is 0 Å². The molecule has 0 saturated carbocycles. The van der Waals surface area contributed by atoms with E-state index < -0.39 is 18.1 Å². The van der Waals surface area contributed by atoms with Crippen molar-refractivity contribution >= 4 is 11.9 Å². The highest BCUT2D eigenvalue weighted by molar-refractivity contribution is 5.83. The summed E-state index contributed by atoms with van der Waals surface area (Å²) in [6, 6.07) is -1.22. The van der Waals surface area contributed by atoms with E-state index in [1.807, 2.05) is 0 Å². The molecule has 0 aromatic heterocycles. The number of aliphatic hydroxyl groups excluding tert-OH is 1. The molecule has 0 spiro atoms. The van der Waals surface area contributed by atoms with Gasteiger partial charge >= 0.3 is 5.97 Å². The number of aliphatic hydroxyl groups is 1. The Morgan fingerprint density at radius 1 is 0.852 bits per heavy atom. The molecule has 0 saturated heterocycles. The molecule has 27 heavy (non-hydrogen) atoms. The first kappa shape index (κ1) is 25.6.